The highest BCUT2D eigenvalue weighted by Crippen LogP contribution is 2.37. The molecule has 0 spiro atoms. The van der Waals surface area contributed by atoms with Crippen molar-refractivity contribution in [3.63, 3.8) is 0 Å². The van der Waals surface area contributed by atoms with Gasteiger partial charge in [0, 0.05) is 15.8 Å². The zero-order valence-corrected chi connectivity index (χ0v) is 21.6. The number of primary amides is 1. The summed E-state index contributed by atoms with van der Waals surface area (Å²) in [5.74, 6) is -0.434. The van der Waals surface area contributed by atoms with Gasteiger partial charge in [0.2, 0.25) is 0 Å². The summed E-state index contributed by atoms with van der Waals surface area (Å²) in [4.78, 5) is 26.3. The van der Waals surface area contributed by atoms with Gasteiger partial charge in [0.1, 0.15) is 10.8 Å². The molecule has 0 saturated heterocycles. The number of nitrogens with one attached hydrogen (secondary N) is 2. The fourth-order valence-electron chi connectivity index (χ4n) is 3.95. The predicted molar refractivity (Wildman–Crippen MR) is 143 cm³/mol. The molecule has 0 saturated carbocycles. The molecule has 0 atom stereocenters. The highest BCUT2D eigenvalue weighted by atomic mass is 79.9. The van der Waals surface area contributed by atoms with Crippen LogP contribution in [-0.2, 0) is 19.3 Å². The Bertz CT molecular complexity index is 1230. The van der Waals surface area contributed by atoms with E-state index in [1.165, 1.54) is 11.3 Å². The fourth-order valence-corrected chi connectivity index (χ4v) is 5.87. The van der Waals surface area contributed by atoms with Crippen LogP contribution in [-0.4, -0.2) is 23.5 Å². The van der Waals surface area contributed by atoms with Crippen LogP contribution in [0.15, 0.2) is 53.0 Å². The van der Waals surface area contributed by atoms with Gasteiger partial charge in [0.15, 0.2) is 5.11 Å². The Morgan fingerprint density at radius 3 is 2.65 bits per heavy atom. The predicted octanol–water partition coefficient (Wildman–Crippen LogP) is 5.24. The molecule has 6 nitrogen and oxygen atoms in total. The van der Waals surface area contributed by atoms with Gasteiger partial charge in [-0.25, -0.2) is 0 Å². The minimum Gasteiger partial charge on any atom is -0.492 e. The van der Waals surface area contributed by atoms with Crippen molar-refractivity contribution in [3.8, 4) is 5.75 Å². The van der Waals surface area contributed by atoms with Gasteiger partial charge in [-0.3, -0.25) is 14.9 Å². The Kier molecular flexibility index (Phi) is 7.97. The summed E-state index contributed by atoms with van der Waals surface area (Å²) in [5, 5.41) is 6.40. The normalized spacial score (nSPS) is 12.5. The van der Waals surface area contributed by atoms with E-state index in [0.29, 0.717) is 28.5 Å². The quantitative estimate of drug-likeness (QED) is 0.345. The molecule has 2 aromatic carbocycles. The second-order valence-electron chi connectivity index (χ2n) is 7.91. The van der Waals surface area contributed by atoms with Crippen LogP contribution in [0.1, 0.15) is 49.6 Å². The number of fused-ring (bicyclic) bond motifs is 1. The van der Waals surface area contributed by atoms with Crippen molar-refractivity contribution >= 4 is 61.4 Å². The lowest BCUT2D eigenvalue weighted by molar-refractivity contribution is 0.0971. The number of hydrogen-bond donors (Lipinski definition) is 3. The van der Waals surface area contributed by atoms with E-state index in [-0.39, 0.29) is 5.11 Å². The number of anilines is 1. The maximum absolute atomic E-state index is 13.0. The van der Waals surface area contributed by atoms with Crippen LogP contribution in [0, 0.1) is 0 Å². The molecule has 4 rings (SSSR count). The first-order chi connectivity index (χ1) is 16.4. The van der Waals surface area contributed by atoms with Gasteiger partial charge in [-0.15, -0.1) is 11.3 Å². The van der Waals surface area contributed by atoms with Crippen LogP contribution in [0.3, 0.4) is 0 Å². The van der Waals surface area contributed by atoms with Crippen molar-refractivity contribution in [3.05, 3.63) is 80.1 Å². The number of nitrogens with two attached hydrogens (primary N) is 1. The Hall–Kier alpha value is -2.75. The Labute approximate surface area is 216 Å². The summed E-state index contributed by atoms with van der Waals surface area (Å²) in [5.41, 5.74) is 8.64. The first kappa shape index (κ1) is 24.4. The molecule has 2 amide bonds. The number of thiophene rings is 1. The summed E-state index contributed by atoms with van der Waals surface area (Å²) in [6, 6.07) is 15.3. The maximum Gasteiger partial charge on any atom is 0.261 e. The number of hydrogen-bond acceptors (Lipinski definition) is 5. The van der Waals surface area contributed by atoms with Gasteiger partial charge in [-0.1, -0.05) is 46.3 Å². The van der Waals surface area contributed by atoms with Crippen molar-refractivity contribution in [2.45, 2.75) is 32.1 Å². The number of carbonyl (C=O) groups excluding carboxylic acids is 2. The fraction of sp³-hybridized carbons (Fsp3) is 0.240. The SMILES string of the molecule is NC(=O)c1c(NC(=S)NC(=O)c2cc(Br)ccc2OCCc2ccccc2)sc2c1CCCC2. The number of ether oxygens (including phenoxy) is 1. The number of thiocarbonyl (C=S) groups is 1. The van der Waals surface area contributed by atoms with Crippen LogP contribution >= 0.6 is 39.5 Å². The largest absolute Gasteiger partial charge is 0.492 e. The van der Waals surface area contributed by atoms with Gasteiger partial charge >= 0.3 is 0 Å². The van der Waals surface area contributed by atoms with Gasteiger partial charge in [-0.2, -0.15) is 0 Å². The van der Waals surface area contributed by atoms with E-state index < -0.39 is 11.8 Å². The number of rotatable bonds is 7. The van der Waals surface area contributed by atoms with E-state index in [2.05, 4.69) is 26.6 Å². The molecule has 1 aliphatic rings. The molecule has 0 unspecified atom stereocenters. The molecule has 1 aliphatic carbocycles. The highest BCUT2D eigenvalue weighted by molar-refractivity contribution is 9.10. The minimum absolute atomic E-state index is 0.0984. The van der Waals surface area contributed by atoms with Crippen molar-refractivity contribution in [2.24, 2.45) is 5.73 Å². The van der Waals surface area contributed by atoms with E-state index in [4.69, 9.17) is 22.7 Å². The van der Waals surface area contributed by atoms with E-state index in [1.807, 2.05) is 36.4 Å². The molecular formula is C25H24BrN3O3S2. The highest BCUT2D eigenvalue weighted by Gasteiger charge is 2.25. The van der Waals surface area contributed by atoms with Gasteiger partial charge < -0.3 is 15.8 Å². The van der Waals surface area contributed by atoms with Crippen LogP contribution in [0.2, 0.25) is 0 Å². The molecule has 1 heterocycles. The summed E-state index contributed by atoms with van der Waals surface area (Å²) >= 11 is 10.3. The van der Waals surface area contributed by atoms with Crippen molar-refractivity contribution in [1.82, 2.24) is 5.32 Å². The van der Waals surface area contributed by atoms with Crippen LogP contribution in [0.25, 0.3) is 0 Å². The summed E-state index contributed by atoms with van der Waals surface area (Å²) in [6.45, 7) is 0.428. The lowest BCUT2D eigenvalue weighted by Gasteiger charge is -2.14. The third kappa shape index (κ3) is 5.84. The third-order valence-corrected chi connectivity index (χ3v) is 7.45. The molecule has 0 aliphatic heterocycles. The topological polar surface area (TPSA) is 93.5 Å². The zero-order valence-electron chi connectivity index (χ0n) is 18.4. The second-order valence-corrected chi connectivity index (χ2v) is 10.3. The lowest BCUT2D eigenvalue weighted by Crippen LogP contribution is -2.34. The van der Waals surface area contributed by atoms with Crippen molar-refractivity contribution in [2.75, 3.05) is 11.9 Å². The molecule has 0 radical (unpaired) electrons. The van der Waals surface area contributed by atoms with Crippen LogP contribution in [0.5, 0.6) is 5.75 Å². The van der Waals surface area contributed by atoms with Gasteiger partial charge in [-0.05, 0) is 67.2 Å². The molecular weight excluding hydrogens is 534 g/mol. The van der Waals surface area contributed by atoms with E-state index in [0.717, 1.165) is 52.6 Å². The second kappa shape index (κ2) is 11.1. The Morgan fingerprint density at radius 2 is 1.88 bits per heavy atom. The van der Waals surface area contributed by atoms with Gasteiger partial charge in [0.25, 0.3) is 11.8 Å². The van der Waals surface area contributed by atoms with Crippen molar-refractivity contribution < 1.29 is 14.3 Å². The number of aryl methyl sites for hydroxylation is 1. The first-order valence-electron chi connectivity index (χ1n) is 11.0. The van der Waals surface area contributed by atoms with Crippen LogP contribution < -0.4 is 21.1 Å². The average molecular weight is 559 g/mol. The third-order valence-electron chi connectivity index (χ3n) is 5.55. The summed E-state index contributed by atoms with van der Waals surface area (Å²) < 4.78 is 6.66. The molecule has 176 valence electrons. The standard InChI is InChI=1S/C25H24BrN3O3S2/c26-16-10-11-19(32-13-12-15-6-2-1-3-7-15)18(14-16)23(31)28-25(33)29-24-21(22(27)30)17-8-4-5-9-20(17)34-24/h1-3,6-7,10-11,14H,4-5,8-9,12-13H2,(H2,27,30)(H2,28,29,31,33). The molecule has 0 bridgehead atoms. The first-order valence-corrected chi connectivity index (χ1v) is 13.0. The van der Waals surface area contributed by atoms with Crippen LogP contribution in [0.4, 0.5) is 5.00 Å². The average Bonchev–Trinajstić information content (AvgIpc) is 3.18. The number of carbonyl (C=O) groups is 2. The number of halogens is 1. The number of benzene rings is 2. The molecule has 0 fully saturated rings. The Morgan fingerprint density at radius 1 is 1.12 bits per heavy atom. The molecule has 4 N–H and O–H groups in total. The van der Waals surface area contributed by atoms with E-state index >= 15 is 0 Å². The van der Waals surface area contributed by atoms with Gasteiger partial charge in [0.05, 0.1) is 17.7 Å². The maximum atomic E-state index is 13.0. The Balaban J connectivity index is 1.44. The number of amides is 2. The minimum atomic E-state index is -0.489. The zero-order chi connectivity index (χ0) is 24.1. The van der Waals surface area contributed by atoms with E-state index in [9.17, 15) is 9.59 Å². The molecule has 1 aromatic heterocycles. The lowest BCUT2D eigenvalue weighted by atomic mass is 9.95. The summed E-state index contributed by atoms with van der Waals surface area (Å²) in [7, 11) is 0. The smallest absolute Gasteiger partial charge is 0.261 e. The molecule has 34 heavy (non-hydrogen) atoms. The monoisotopic (exact) mass is 557 g/mol. The molecule has 9 heteroatoms. The van der Waals surface area contributed by atoms with E-state index in [1.54, 1.807) is 12.1 Å². The molecule has 3 aromatic rings. The van der Waals surface area contributed by atoms with Crippen molar-refractivity contribution in [1.29, 1.82) is 0 Å². The summed E-state index contributed by atoms with van der Waals surface area (Å²) in [6.07, 6.45) is 4.58.